The molecule has 0 saturated heterocycles. The summed E-state index contributed by atoms with van der Waals surface area (Å²) in [5.74, 6) is 2.41. The highest BCUT2D eigenvalue weighted by Crippen LogP contribution is 2.37. The summed E-state index contributed by atoms with van der Waals surface area (Å²) in [4.78, 5) is 4.94. The summed E-state index contributed by atoms with van der Waals surface area (Å²) in [7, 11) is -2.15. The zero-order chi connectivity index (χ0) is 20.0. The number of aryl methyl sites for hydroxylation is 4. The Morgan fingerprint density at radius 1 is 1.03 bits per heavy atom. The molecule has 2 aliphatic rings. The molecule has 5 rings (SSSR count). The molecule has 0 unspecified atom stereocenters. The molecule has 1 aliphatic heterocycles. The van der Waals surface area contributed by atoms with E-state index in [0.29, 0.717) is 11.3 Å². The highest BCUT2D eigenvalue weighted by Gasteiger charge is 2.21. The van der Waals surface area contributed by atoms with E-state index in [-0.39, 0.29) is 4.90 Å². The minimum Gasteiger partial charge on any atom is -0.457 e. The van der Waals surface area contributed by atoms with E-state index in [1.807, 2.05) is 12.3 Å². The molecule has 2 heterocycles. The SMILES string of the molecule is CNS(=O)(=O)c1ccc(Oc2ccc3c(c2)CCC3)c(-c2cn3c(n2)CCC3)c1. The molecule has 6 nitrogen and oxygen atoms in total. The lowest BCUT2D eigenvalue weighted by Crippen LogP contribution is -2.18. The average Bonchev–Trinajstić information content (AvgIpc) is 3.43. The summed E-state index contributed by atoms with van der Waals surface area (Å²) in [6, 6.07) is 11.1. The third-order valence-corrected chi connectivity index (χ3v) is 7.17. The lowest BCUT2D eigenvalue weighted by atomic mass is 10.1. The van der Waals surface area contributed by atoms with E-state index in [4.69, 9.17) is 9.72 Å². The summed E-state index contributed by atoms with van der Waals surface area (Å²) in [5, 5.41) is 0. The van der Waals surface area contributed by atoms with Crippen molar-refractivity contribution in [2.24, 2.45) is 0 Å². The van der Waals surface area contributed by atoms with Crippen LogP contribution in [0.15, 0.2) is 47.5 Å². The number of benzene rings is 2. The van der Waals surface area contributed by atoms with Gasteiger partial charge >= 0.3 is 0 Å². The lowest BCUT2D eigenvalue weighted by molar-refractivity contribution is 0.483. The fourth-order valence-corrected chi connectivity index (χ4v) is 4.96. The van der Waals surface area contributed by atoms with Crippen LogP contribution in [0.5, 0.6) is 11.5 Å². The van der Waals surface area contributed by atoms with Gasteiger partial charge in [-0.15, -0.1) is 0 Å². The molecule has 1 N–H and O–H groups in total. The van der Waals surface area contributed by atoms with Gasteiger partial charge in [0.05, 0.1) is 10.6 Å². The maximum atomic E-state index is 12.3. The number of hydrogen-bond acceptors (Lipinski definition) is 4. The summed E-state index contributed by atoms with van der Waals surface area (Å²) in [6.07, 6.45) is 7.40. The number of hydrogen-bond donors (Lipinski definition) is 1. The number of ether oxygens (including phenoxy) is 1. The van der Waals surface area contributed by atoms with Gasteiger partial charge in [-0.2, -0.15) is 0 Å². The Hall–Kier alpha value is -2.64. The van der Waals surface area contributed by atoms with Crippen LogP contribution in [0.25, 0.3) is 11.3 Å². The molecule has 150 valence electrons. The van der Waals surface area contributed by atoms with Crippen molar-refractivity contribution in [2.45, 2.75) is 43.5 Å². The summed E-state index contributed by atoms with van der Waals surface area (Å²) >= 11 is 0. The number of nitrogens with one attached hydrogen (secondary N) is 1. The van der Waals surface area contributed by atoms with E-state index in [9.17, 15) is 8.42 Å². The van der Waals surface area contributed by atoms with Crippen LogP contribution in [0.1, 0.15) is 29.8 Å². The molecule has 0 bridgehead atoms. The van der Waals surface area contributed by atoms with Crippen molar-refractivity contribution < 1.29 is 13.2 Å². The van der Waals surface area contributed by atoms with Gasteiger partial charge in [0.2, 0.25) is 10.0 Å². The first kappa shape index (κ1) is 18.4. The highest BCUT2D eigenvalue weighted by molar-refractivity contribution is 7.89. The lowest BCUT2D eigenvalue weighted by Gasteiger charge is -2.13. The fourth-order valence-electron chi connectivity index (χ4n) is 4.21. The van der Waals surface area contributed by atoms with Crippen LogP contribution < -0.4 is 9.46 Å². The van der Waals surface area contributed by atoms with Crippen molar-refractivity contribution >= 4 is 10.0 Å². The first-order valence-electron chi connectivity index (χ1n) is 9.97. The molecule has 0 fully saturated rings. The van der Waals surface area contributed by atoms with Crippen molar-refractivity contribution in [3.05, 3.63) is 59.5 Å². The van der Waals surface area contributed by atoms with Crippen LogP contribution in [0.2, 0.25) is 0 Å². The van der Waals surface area contributed by atoms with Crippen molar-refractivity contribution in [3.8, 4) is 22.8 Å². The summed E-state index contributed by atoms with van der Waals surface area (Å²) in [5.41, 5.74) is 4.14. The zero-order valence-corrected chi connectivity index (χ0v) is 17.1. The van der Waals surface area contributed by atoms with Crippen molar-refractivity contribution in [1.29, 1.82) is 0 Å². The van der Waals surface area contributed by atoms with Crippen LogP contribution in [0.3, 0.4) is 0 Å². The first-order chi connectivity index (χ1) is 14.0. The summed E-state index contributed by atoms with van der Waals surface area (Å²) < 4.78 is 35.4. The predicted molar refractivity (Wildman–Crippen MR) is 111 cm³/mol. The van der Waals surface area contributed by atoms with E-state index in [1.165, 1.54) is 24.6 Å². The molecule has 0 radical (unpaired) electrons. The van der Waals surface area contributed by atoms with Crippen molar-refractivity contribution in [2.75, 3.05) is 7.05 Å². The van der Waals surface area contributed by atoms with Gasteiger partial charge < -0.3 is 9.30 Å². The third-order valence-electron chi connectivity index (χ3n) is 5.76. The van der Waals surface area contributed by atoms with Gasteiger partial charge in [-0.3, -0.25) is 0 Å². The molecule has 0 saturated carbocycles. The van der Waals surface area contributed by atoms with E-state index in [2.05, 4.69) is 21.4 Å². The number of aromatic nitrogens is 2. The van der Waals surface area contributed by atoms with E-state index in [1.54, 1.807) is 18.2 Å². The van der Waals surface area contributed by atoms with Crippen molar-refractivity contribution in [3.63, 3.8) is 0 Å². The second kappa shape index (κ2) is 7.00. The second-order valence-electron chi connectivity index (χ2n) is 7.59. The second-order valence-corrected chi connectivity index (χ2v) is 9.48. The molecule has 7 heteroatoms. The molecule has 0 spiro atoms. The standard InChI is InChI=1S/C22H23N3O3S/c1-23-29(26,27)18-9-10-21(28-17-8-7-15-4-2-5-16(15)12-17)19(13-18)20-14-25-11-3-6-22(25)24-20/h7-10,12-14,23H,2-6,11H2,1H3. The van der Waals surface area contributed by atoms with E-state index >= 15 is 0 Å². The molecule has 2 aromatic carbocycles. The Labute approximate surface area is 170 Å². The Morgan fingerprint density at radius 2 is 1.90 bits per heavy atom. The third kappa shape index (κ3) is 3.34. The van der Waals surface area contributed by atoms with Crippen molar-refractivity contribution in [1.82, 2.24) is 14.3 Å². The molecule has 0 atom stereocenters. The Kier molecular flexibility index (Phi) is 4.44. The number of fused-ring (bicyclic) bond motifs is 2. The van der Waals surface area contributed by atoms with Crippen LogP contribution in [0, 0.1) is 0 Å². The minimum atomic E-state index is -3.56. The molecule has 1 aliphatic carbocycles. The Morgan fingerprint density at radius 3 is 2.72 bits per heavy atom. The average molecular weight is 410 g/mol. The van der Waals surface area contributed by atoms with E-state index < -0.39 is 10.0 Å². The summed E-state index contributed by atoms with van der Waals surface area (Å²) in [6.45, 7) is 0.942. The van der Waals surface area contributed by atoms with Gasteiger partial charge in [0, 0.05) is 24.7 Å². The number of nitrogens with zero attached hydrogens (tertiary/aromatic N) is 2. The van der Waals surface area contributed by atoms with Crippen LogP contribution in [-0.4, -0.2) is 25.0 Å². The fraction of sp³-hybridized carbons (Fsp3) is 0.318. The van der Waals surface area contributed by atoms with Crippen LogP contribution in [-0.2, 0) is 35.8 Å². The van der Waals surface area contributed by atoms with Crippen LogP contribution in [0.4, 0.5) is 0 Å². The van der Waals surface area contributed by atoms with Crippen LogP contribution >= 0.6 is 0 Å². The molecule has 3 aromatic rings. The molecule has 1 aromatic heterocycles. The quantitative estimate of drug-likeness (QED) is 0.698. The van der Waals surface area contributed by atoms with Gasteiger partial charge in [-0.25, -0.2) is 18.1 Å². The normalized spacial score (nSPS) is 15.3. The zero-order valence-electron chi connectivity index (χ0n) is 16.3. The number of imidazole rings is 1. The Balaban J connectivity index is 1.58. The van der Waals surface area contributed by atoms with Gasteiger partial charge in [0.25, 0.3) is 0 Å². The van der Waals surface area contributed by atoms with Gasteiger partial charge in [0.1, 0.15) is 17.3 Å². The van der Waals surface area contributed by atoms with E-state index in [0.717, 1.165) is 49.5 Å². The maximum absolute atomic E-state index is 12.3. The Bertz CT molecular complexity index is 1180. The topological polar surface area (TPSA) is 73.2 Å². The first-order valence-corrected chi connectivity index (χ1v) is 11.5. The molecule has 29 heavy (non-hydrogen) atoms. The monoisotopic (exact) mass is 409 g/mol. The number of rotatable bonds is 5. The predicted octanol–water partition coefficient (Wildman–Crippen LogP) is 3.69. The van der Waals surface area contributed by atoms with Gasteiger partial charge in [0.15, 0.2) is 0 Å². The molecular weight excluding hydrogens is 386 g/mol. The highest BCUT2D eigenvalue weighted by atomic mass is 32.2. The molecular formula is C22H23N3O3S. The van der Waals surface area contributed by atoms with Gasteiger partial charge in [-0.1, -0.05) is 6.07 Å². The minimum absolute atomic E-state index is 0.199. The number of sulfonamides is 1. The maximum Gasteiger partial charge on any atom is 0.240 e. The smallest absolute Gasteiger partial charge is 0.240 e. The van der Waals surface area contributed by atoms with Gasteiger partial charge in [-0.05, 0) is 74.2 Å². The largest absolute Gasteiger partial charge is 0.457 e. The molecule has 0 amide bonds.